The summed E-state index contributed by atoms with van der Waals surface area (Å²) in [4.78, 5) is 16.3. The van der Waals surface area contributed by atoms with Gasteiger partial charge >= 0.3 is 6.09 Å². The number of nitrogens with zero attached hydrogens (tertiary/aromatic N) is 1. The molecule has 0 fully saturated rings. The van der Waals surface area contributed by atoms with E-state index < -0.39 is 6.09 Å². The quantitative estimate of drug-likeness (QED) is 0.742. The summed E-state index contributed by atoms with van der Waals surface area (Å²) in [6.45, 7) is 0.674. The van der Waals surface area contributed by atoms with Gasteiger partial charge in [0.1, 0.15) is 6.61 Å². The second-order valence-corrected chi connectivity index (χ2v) is 3.05. The lowest BCUT2D eigenvalue weighted by Gasteiger charge is -2.12. The topological polar surface area (TPSA) is 38.8 Å². The summed E-state index contributed by atoms with van der Waals surface area (Å²) in [6, 6.07) is 9.50. The van der Waals surface area contributed by atoms with Gasteiger partial charge in [0.05, 0.1) is 6.61 Å². The molecule has 1 aromatic carbocycles. The second kappa shape index (κ2) is 4.61. The Morgan fingerprint density at radius 3 is 2.87 bits per heavy atom. The number of carbonyl (C=O) groups excluding carboxylic acids is 1. The smallest absolute Gasteiger partial charge is 0.438 e. The van der Waals surface area contributed by atoms with E-state index in [0.717, 1.165) is 10.6 Å². The van der Waals surface area contributed by atoms with E-state index in [-0.39, 0.29) is 6.61 Å². The summed E-state index contributed by atoms with van der Waals surface area (Å²) in [5, 5.41) is 1.09. The molecule has 1 heterocycles. The van der Waals surface area contributed by atoms with E-state index in [0.29, 0.717) is 6.61 Å². The first kappa shape index (κ1) is 9.73. The summed E-state index contributed by atoms with van der Waals surface area (Å²) in [6.07, 6.45) is 2.80. The van der Waals surface area contributed by atoms with Crippen LogP contribution in [0.1, 0.15) is 5.56 Å². The van der Waals surface area contributed by atoms with Gasteiger partial charge in [0, 0.05) is 6.20 Å². The molecule has 4 nitrogen and oxygen atoms in total. The van der Waals surface area contributed by atoms with Crippen molar-refractivity contribution in [2.45, 2.75) is 6.61 Å². The Labute approximate surface area is 87.7 Å². The molecule has 1 aliphatic rings. The number of hydrogen-bond acceptors (Lipinski definition) is 3. The standard InChI is InChI=1S/C11H11NO3/c13-11(12-7-4-8-15-12)14-9-10-5-2-1-3-6-10/h1-7H,8-9H2. The Hall–Kier alpha value is -1.81. The minimum absolute atomic E-state index is 0.257. The van der Waals surface area contributed by atoms with Crippen LogP contribution < -0.4 is 0 Å². The molecule has 2 rings (SSSR count). The molecule has 15 heavy (non-hydrogen) atoms. The summed E-state index contributed by atoms with van der Waals surface area (Å²) in [5.41, 5.74) is 0.953. The van der Waals surface area contributed by atoms with Gasteiger partial charge in [0.2, 0.25) is 0 Å². The predicted octanol–water partition coefficient (Wildman–Crippen LogP) is 2.08. The number of hydroxylamine groups is 2. The highest BCUT2D eigenvalue weighted by Crippen LogP contribution is 2.06. The van der Waals surface area contributed by atoms with Crippen molar-refractivity contribution in [3.8, 4) is 0 Å². The van der Waals surface area contributed by atoms with Gasteiger partial charge in [-0.15, -0.1) is 0 Å². The molecule has 0 spiro atoms. The first-order valence-electron chi connectivity index (χ1n) is 4.66. The number of amides is 1. The maximum atomic E-state index is 11.3. The summed E-state index contributed by atoms with van der Waals surface area (Å²) in [5.74, 6) is 0. The van der Waals surface area contributed by atoms with E-state index in [9.17, 15) is 4.79 Å². The fourth-order valence-electron chi connectivity index (χ4n) is 1.20. The van der Waals surface area contributed by atoms with Crippen LogP contribution in [0.2, 0.25) is 0 Å². The van der Waals surface area contributed by atoms with E-state index in [1.54, 1.807) is 12.3 Å². The molecule has 0 radical (unpaired) electrons. The zero-order valence-corrected chi connectivity index (χ0v) is 8.13. The third-order valence-corrected chi connectivity index (χ3v) is 1.94. The number of carbonyl (C=O) groups is 1. The lowest BCUT2D eigenvalue weighted by molar-refractivity contribution is -0.0765. The lowest BCUT2D eigenvalue weighted by Crippen LogP contribution is -2.23. The Bertz CT molecular complexity index is 361. The minimum atomic E-state index is -0.493. The fourth-order valence-corrected chi connectivity index (χ4v) is 1.20. The SMILES string of the molecule is O=C(OCc1ccccc1)N1C=CCO1. The van der Waals surface area contributed by atoms with Gasteiger partial charge in [-0.1, -0.05) is 30.3 Å². The second-order valence-electron chi connectivity index (χ2n) is 3.05. The van der Waals surface area contributed by atoms with Crippen molar-refractivity contribution in [1.82, 2.24) is 5.06 Å². The lowest BCUT2D eigenvalue weighted by atomic mass is 10.2. The third kappa shape index (κ3) is 2.57. The van der Waals surface area contributed by atoms with Crippen LogP contribution in [0, 0.1) is 0 Å². The highest BCUT2D eigenvalue weighted by Gasteiger charge is 2.15. The van der Waals surface area contributed by atoms with E-state index in [1.807, 2.05) is 30.3 Å². The maximum absolute atomic E-state index is 11.3. The predicted molar refractivity (Wildman–Crippen MR) is 53.6 cm³/mol. The minimum Gasteiger partial charge on any atom is -0.443 e. The fraction of sp³-hybridized carbons (Fsp3) is 0.182. The van der Waals surface area contributed by atoms with E-state index in [4.69, 9.17) is 9.57 Å². The molecule has 0 bridgehead atoms. The Balaban J connectivity index is 1.83. The molecule has 1 amide bonds. The van der Waals surface area contributed by atoms with E-state index in [1.165, 1.54) is 0 Å². The van der Waals surface area contributed by atoms with Gasteiger partial charge in [-0.3, -0.25) is 4.84 Å². The molecule has 0 N–H and O–H groups in total. The molecule has 1 aromatic rings. The van der Waals surface area contributed by atoms with Gasteiger partial charge in [0.25, 0.3) is 0 Å². The molecular formula is C11H11NO3. The van der Waals surface area contributed by atoms with Gasteiger partial charge in [-0.25, -0.2) is 4.79 Å². The van der Waals surface area contributed by atoms with Crippen LogP contribution in [0.15, 0.2) is 42.6 Å². The van der Waals surface area contributed by atoms with Crippen LogP contribution in [0.25, 0.3) is 0 Å². The number of benzene rings is 1. The zero-order valence-electron chi connectivity index (χ0n) is 8.13. The van der Waals surface area contributed by atoms with Crippen molar-refractivity contribution in [3.63, 3.8) is 0 Å². The molecule has 0 unspecified atom stereocenters. The first-order chi connectivity index (χ1) is 7.36. The van der Waals surface area contributed by atoms with Crippen molar-refractivity contribution in [2.75, 3.05) is 6.61 Å². The molecule has 0 aliphatic carbocycles. The average molecular weight is 205 g/mol. The van der Waals surface area contributed by atoms with Gasteiger partial charge in [0.15, 0.2) is 0 Å². The third-order valence-electron chi connectivity index (χ3n) is 1.94. The summed E-state index contributed by atoms with van der Waals surface area (Å²) < 4.78 is 5.02. The molecule has 4 heteroatoms. The normalized spacial score (nSPS) is 14.3. The van der Waals surface area contributed by atoms with Crippen molar-refractivity contribution >= 4 is 6.09 Å². The van der Waals surface area contributed by atoms with Gasteiger partial charge in [-0.05, 0) is 11.6 Å². The van der Waals surface area contributed by atoms with Crippen LogP contribution in [0.4, 0.5) is 4.79 Å². The largest absolute Gasteiger partial charge is 0.443 e. The molecule has 1 aliphatic heterocycles. The summed E-state index contributed by atoms with van der Waals surface area (Å²) in [7, 11) is 0. The number of ether oxygens (including phenoxy) is 1. The van der Waals surface area contributed by atoms with Crippen molar-refractivity contribution in [1.29, 1.82) is 0 Å². The van der Waals surface area contributed by atoms with E-state index in [2.05, 4.69) is 0 Å². The number of rotatable bonds is 2. The molecule has 78 valence electrons. The molecule has 0 saturated carbocycles. The monoisotopic (exact) mass is 205 g/mol. The van der Waals surface area contributed by atoms with Crippen molar-refractivity contribution < 1.29 is 14.4 Å². The van der Waals surface area contributed by atoms with Crippen LogP contribution in [0.5, 0.6) is 0 Å². The Morgan fingerprint density at radius 2 is 2.20 bits per heavy atom. The zero-order chi connectivity index (χ0) is 10.5. The van der Waals surface area contributed by atoms with Crippen molar-refractivity contribution in [2.24, 2.45) is 0 Å². The number of hydrogen-bond donors (Lipinski definition) is 0. The average Bonchev–Trinajstić information content (AvgIpc) is 2.81. The van der Waals surface area contributed by atoms with Gasteiger partial charge in [-0.2, -0.15) is 5.06 Å². The highest BCUT2D eigenvalue weighted by atomic mass is 16.7. The summed E-state index contributed by atoms with van der Waals surface area (Å²) >= 11 is 0. The maximum Gasteiger partial charge on any atom is 0.438 e. The highest BCUT2D eigenvalue weighted by molar-refractivity contribution is 5.67. The van der Waals surface area contributed by atoms with Crippen LogP contribution in [0.3, 0.4) is 0 Å². The molecule has 0 aromatic heterocycles. The van der Waals surface area contributed by atoms with Crippen LogP contribution >= 0.6 is 0 Å². The van der Waals surface area contributed by atoms with Gasteiger partial charge < -0.3 is 4.74 Å². The van der Waals surface area contributed by atoms with Crippen LogP contribution in [-0.4, -0.2) is 17.8 Å². The van der Waals surface area contributed by atoms with Crippen molar-refractivity contribution in [3.05, 3.63) is 48.2 Å². The molecular weight excluding hydrogens is 194 g/mol. The Kier molecular flexibility index (Phi) is 2.99. The molecule has 0 atom stereocenters. The van der Waals surface area contributed by atoms with Crippen LogP contribution in [-0.2, 0) is 16.2 Å². The first-order valence-corrected chi connectivity index (χ1v) is 4.66. The molecule has 0 saturated heterocycles. The Morgan fingerprint density at radius 1 is 1.40 bits per heavy atom. The van der Waals surface area contributed by atoms with E-state index >= 15 is 0 Å².